The van der Waals surface area contributed by atoms with E-state index in [0.29, 0.717) is 6.42 Å². The SMILES string of the molecule is Cc1cccc(CC(C)(F)CN)c1. The average Bonchev–Trinajstić information content (AvgIpc) is 2.03. The third-order valence-corrected chi connectivity index (χ3v) is 2.08. The first-order chi connectivity index (χ1) is 6.03. The van der Waals surface area contributed by atoms with E-state index in [2.05, 4.69) is 0 Å². The monoisotopic (exact) mass is 181 g/mol. The summed E-state index contributed by atoms with van der Waals surface area (Å²) in [5.74, 6) is 0. The Morgan fingerprint density at radius 3 is 2.69 bits per heavy atom. The topological polar surface area (TPSA) is 26.0 Å². The Morgan fingerprint density at radius 1 is 1.46 bits per heavy atom. The fourth-order valence-corrected chi connectivity index (χ4v) is 1.32. The third-order valence-electron chi connectivity index (χ3n) is 2.08. The highest BCUT2D eigenvalue weighted by Crippen LogP contribution is 2.16. The van der Waals surface area contributed by atoms with E-state index in [1.165, 1.54) is 6.92 Å². The van der Waals surface area contributed by atoms with Gasteiger partial charge in [-0.3, -0.25) is 0 Å². The minimum absolute atomic E-state index is 0.0704. The van der Waals surface area contributed by atoms with Crippen LogP contribution in [0.5, 0.6) is 0 Å². The van der Waals surface area contributed by atoms with Gasteiger partial charge >= 0.3 is 0 Å². The van der Waals surface area contributed by atoms with E-state index in [1.807, 2.05) is 31.2 Å². The van der Waals surface area contributed by atoms with E-state index < -0.39 is 5.67 Å². The van der Waals surface area contributed by atoms with Crippen LogP contribution in [0.4, 0.5) is 4.39 Å². The standard InChI is InChI=1S/C11H16FN/c1-9-4-3-5-10(6-9)7-11(2,12)8-13/h3-6H,7-8,13H2,1-2H3. The van der Waals surface area contributed by atoms with Crippen LogP contribution in [-0.4, -0.2) is 12.2 Å². The lowest BCUT2D eigenvalue weighted by molar-refractivity contribution is 0.200. The second-order valence-corrected chi connectivity index (χ2v) is 3.78. The molecule has 0 amide bonds. The van der Waals surface area contributed by atoms with Crippen molar-refractivity contribution in [3.63, 3.8) is 0 Å². The lowest BCUT2D eigenvalue weighted by atomic mass is 9.97. The van der Waals surface area contributed by atoms with Crippen molar-refractivity contribution in [1.82, 2.24) is 0 Å². The molecule has 0 aromatic heterocycles. The van der Waals surface area contributed by atoms with E-state index in [-0.39, 0.29) is 6.54 Å². The number of hydrogen-bond donors (Lipinski definition) is 1. The molecule has 0 heterocycles. The lowest BCUT2D eigenvalue weighted by Crippen LogP contribution is -2.31. The van der Waals surface area contributed by atoms with E-state index in [9.17, 15) is 4.39 Å². The molecule has 0 fully saturated rings. The summed E-state index contributed by atoms with van der Waals surface area (Å²) in [6.07, 6.45) is 0.394. The van der Waals surface area contributed by atoms with Gasteiger partial charge in [0.05, 0.1) is 0 Å². The van der Waals surface area contributed by atoms with Gasteiger partial charge < -0.3 is 5.73 Å². The highest BCUT2D eigenvalue weighted by Gasteiger charge is 2.21. The Hall–Kier alpha value is -0.890. The van der Waals surface area contributed by atoms with Crippen molar-refractivity contribution in [2.24, 2.45) is 5.73 Å². The summed E-state index contributed by atoms with van der Waals surface area (Å²) < 4.78 is 13.5. The van der Waals surface area contributed by atoms with Crippen LogP contribution in [0.3, 0.4) is 0 Å². The summed E-state index contributed by atoms with van der Waals surface area (Å²) >= 11 is 0. The maximum Gasteiger partial charge on any atom is 0.124 e. The molecule has 72 valence electrons. The van der Waals surface area contributed by atoms with E-state index in [4.69, 9.17) is 5.73 Å². The molecule has 2 heteroatoms. The molecule has 0 saturated heterocycles. The first-order valence-corrected chi connectivity index (χ1v) is 4.48. The van der Waals surface area contributed by atoms with E-state index in [1.54, 1.807) is 0 Å². The molecule has 0 spiro atoms. The van der Waals surface area contributed by atoms with Crippen LogP contribution in [-0.2, 0) is 6.42 Å². The fourth-order valence-electron chi connectivity index (χ4n) is 1.32. The van der Waals surface area contributed by atoms with Crippen molar-refractivity contribution >= 4 is 0 Å². The van der Waals surface area contributed by atoms with E-state index >= 15 is 0 Å². The predicted molar refractivity (Wildman–Crippen MR) is 53.5 cm³/mol. The lowest BCUT2D eigenvalue weighted by Gasteiger charge is -2.17. The van der Waals surface area contributed by atoms with Gasteiger partial charge in [-0.1, -0.05) is 29.8 Å². The van der Waals surface area contributed by atoms with Gasteiger partial charge in [0.25, 0.3) is 0 Å². The van der Waals surface area contributed by atoms with Gasteiger partial charge in [-0.2, -0.15) is 0 Å². The molecule has 0 bridgehead atoms. The summed E-state index contributed by atoms with van der Waals surface area (Å²) in [7, 11) is 0. The second-order valence-electron chi connectivity index (χ2n) is 3.78. The fraction of sp³-hybridized carbons (Fsp3) is 0.455. The number of aryl methyl sites for hydroxylation is 1. The Bertz CT molecular complexity index is 281. The van der Waals surface area contributed by atoms with Gasteiger partial charge in [0.15, 0.2) is 0 Å². The Kier molecular flexibility index (Phi) is 3.04. The maximum absolute atomic E-state index is 13.5. The quantitative estimate of drug-likeness (QED) is 0.760. The maximum atomic E-state index is 13.5. The van der Waals surface area contributed by atoms with Crippen molar-refractivity contribution < 1.29 is 4.39 Å². The minimum atomic E-state index is -1.28. The molecule has 2 N–H and O–H groups in total. The van der Waals surface area contributed by atoms with Crippen LogP contribution >= 0.6 is 0 Å². The molecule has 0 aliphatic carbocycles. The molecule has 0 aliphatic heterocycles. The zero-order chi connectivity index (χ0) is 9.90. The van der Waals surface area contributed by atoms with Gasteiger partial charge in [0.1, 0.15) is 5.67 Å². The zero-order valence-electron chi connectivity index (χ0n) is 8.18. The molecule has 1 unspecified atom stereocenters. The van der Waals surface area contributed by atoms with Crippen LogP contribution in [0.1, 0.15) is 18.1 Å². The predicted octanol–water partition coefficient (Wildman–Crippen LogP) is 2.22. The average molecular weight is 181 g/mol. The molecule has 0 aliphatic rings. The highest BCUT2D eigenvalue weighted by molar-refractivity contribution is 5.23. The summed E-state index contributed by atoms with van der Waals surface area (Å²) in [6.45, 7) is 3.61. The van der Waals surface area contributed by atoms with Crippen LogP contribution < -0.4 is 5.73 Å². The van der Waals surface area contributed by atoms with Gasteiger partial charge in [-0.05, 0) is 19.4 Å². The smallest absolute Gasteiger partial charge is 0.124 e. The van der Waals surface area contributed by atoms with Crippen LogP contribution in [0.25, 0.3) is 0 Å². The summed E-state index contributed by atoms with van der Waals surface area (Å²) in [5.41, 5.74) is 6.20. The van der Waals surface area contributed by atoms with Crippen molar-refractivity contribution in [3.8, 4) is 0 Å². The van der Waals surface area contributed by atoms with Gasteiger partial charge in [0.2, 0.25) is 0 Å². The van der Waals surface area contributed by atoms with Crippen molar-refractivity contribution in [1.29, 1.82) is 0 Å². The summed E-state index contributed by atoms with van der Waals surface area (Å²) in [4.78, 5) is 0. The molecule has 0 saturated carbocycles. The van der Waals surface area contributed by atoms with Gasteiger partial charge in [0, 0.05) is 13.0 Å². The van der Waals surface area contributed by atoms with Crippen LogP contribution in [0.2, 0.25) is 0 Å². The van der Waals surface area contributed by atoms with Crippen LogP contribution in [0, 0.1) is 6.92 Å². The number of benzene rings is 1. The van der Waals surface area contributed by atoms with E-state index in [0.717, 1.165) is 11.1 Å². The third kappa shape index (κ3) is 3.15. The molecular weight excluding hydrogens is 165 g/mol. The van der Waals surface area contributed by atoms with Gasteiger partial charge in [-0.25, -0.2) is 4.39 Å². The first-order valence-electron chi connectivity index (χ1n) is 4.48. The minimum Gasteiger partial charge on any atom is -0.328 e. The highest BCUT2D eigenvalue weighted by atomic mass is 19.1. The molecule has 1 atom stereocenters. The summed E-state index contributed by atoms with van der Waals surface area (Å²) in [6, 6.07) is 7.87. The molecule has 1 aromatic rings. The second kappa shape index (κ2) is 3.88. The molecule has 1 rings (SSSR count). The summed E-state index contributed by atoms with van der Waals surface area (Å²) in [5, 5.41) is 0. The molecule has 1 aromatic carbocycles. The molecular formula is C11H16FN. The molecule has 13 heavy (non-hydrogen) atoms. The number of hydrogen-bond acceptors (Lipinski definition) is 1. The van der Waals surface area contributed by atoms with Crippen molar-refractivity contribution in [2.75, 3.05) is 6.54 Å². The largest absolute Gasteiger partial charge is 0.328 e. The number of halogens is 1. The van der Waals surface area contributed by atoms with Crippen LogP contribution in [0.15, 0.2) is 24.3 Å². The number of rotatable bonds is 3. The molecule has 0 radical (unpaired) electrons. The Balaban J connectivity index is 2.74. The normalized spacial score (nSPS) is 15.4. The zero-order valence-corrected chi connectivity index (χ0v) is 8.18. The number of alkyl halides is 1. The van der Waals surface area contributed by atoms with Gasteiger partial charge in [-0.15, -0.1) is 0 Å². The number of nitrogens with two attached hydrogens (primary N) is 1. The first kappa shape index (κ1) is 10.2. The Morgan fingerprint density at radius 2 is 2.15 bits per heavy atom. The van der Waals surface area contributed by atoms with Crippen molar-refractivity contribution in [3.05, 3.63) is 35.4 Å². The van der Waals surface area contributed by atoms with Crippen molar-refractivity contribution in [2.45, 2.75) is 25.9 Å². The Labute approximate surface area is 78.8 Å². The molecule has 1 nitrogen and oxygen atoms in total.